The lowest BCUT2D eigenvalue weighted by Crippen LogP contribution is -2.20. The number of rotatable bonds is 4. The Balaban J connectivity index is 2.86. The van der Waals surface area contributed by atoms with E-state index in [1.54, 1.807) is 19.1 Å². The third-order valence-corrected chi connectivity index (χ3v) is 2.81. The van der Waals surface area contributed by atoms with Gasteiger partial charge < -0.3 is 9.64 Å². The second kappa shape index (κ2) is 5.80. The SMILES string of the molecule is CCc1cc(CN(C)C(=O)S)ccc1OC. The highest BCUT2D eigenvalue weighted by Crippen LogP contribution is 2.21. The molecule has 0 aliphatic rings. The average Bonchev–Trinajstić information content (AvgIpc) is 2.28. The van der Waals surface area contributed by atoms with Crippen molar-refractivity contribution >= 4 is 17.9 Å². The van der Waals surface area contributed by atoms with Crippen LogP contribution in [0.5, 0.6) is 5.75 Å². The monoisotopic (exact) mass is 239 g/mol. The van der Waals surface area contributed by atoms with Crippen molar-refractivity contribution in [2.24, 2.45) is 0 Å². The Labute approximate surface area is 102 Å². The van der Waals surface area contributed by atoms with Gasteiger partial charge >= 0.3 is 0 Å². The van der Waals surface area contributed by atoms with Gasteiger partial charge in [-0.2, -0.15) is 0 Å². The molecule has 88 valence electrons. The smallest absolute Gasteiger partial charge is 0.278 e. The predicted octanol–water partition coefficient (Wildman–Crippen LogP) is 2.74. The Kier molecular flexibility index (Phi) is 4.68. The molecule has 0 N–H and O–H groups in total. The van der Waals surface area contributed by atoms with Gasteiger partial charge in [0, 0.05) is 13.6 Å². The number of amides is 1. The van der Waals surface area contributed by atoms with Crippen molar-refractivity contribution in [2.75, 3.05) is 14.2 Å². The molecule has 0 aliphatic carbocycles. The van der Waals surface area contributed by atoms with Gasteiger partial charge in [-0.1, -0.05) is 31.7 Å². The number of hydrogen-bond acceptors (Lipinski definition) is 2. The zero-order valence-electron chi connectivity index (χ0n) is 9.86. The quantitative estimate of drug-likeness (QED) is 0.819. The second-order valence-electron chi connectivity index (χ2n) is 3.64. The van der Waals surface area contributed by atoms with E-state index >= 15 is 0 Å². The summed E-state index contributed by atoms with van der Waals surface area (Å²) in [6.07, 6.45) is 0.912. The molecule has 0 bridgehead atoms. The highest BCUT2D eigenvalue weighted by atomic mass is 32.1. The molecule has 4 heteroatoms. The lowest BCUT2D eigenvalue weighted by Gasteiger charge is -2.15. The Morgan fingerprint density at radius 1 is 1.50 bits per heavy atom. The average molecular weight is 239 g/mol. The van der Waals surface area contributed by atoms with Gasteiger partial charge in [0.2, 0.25) is 0 Å². The summed E-state index contributed by atoms with van der Waals surface area (Å²) >= 11 is 3.77. The number of aryl methyl sites for hydroxylation is 1. The summed E-state index contributed by atoms with van der Waals surface area (Å²) in [5.74, 6) is 0.895. The van der Waals surface area contributed by atoms with E-state index in [4.69, 9.17) is 4.74 Å². The number of carbonyl (C=O) groups is 1. The van der Waals surface area contributed by atoms with Gasteiger partial charge in [-0.25, -0.2) is 0 Å². The lowest BCUT2D eigenvalue weighted by molar-refractivity contribution is 0.232. The fourth-order valence-corrected chi connectivity index (χ4v) is 1.62. The molecule has 0 unspecified atom stereocenters. The van der Waals surface area contributed by atoms with Crippen LogP contribution in [-0.2, 0) is 13.0 Å². The lowest BCUT2D eigenvalue weighted by atomic mass is 10.1. The molecule has 1 aromatic rings. The number of nitrogens with zero attached hydrogens (tertiary/aromatic N) is 1. The summed E-state index contributed by atoms with van der Waals surface area (Å²) in [7, 11) is 3.39. The van der Waals surface area contributed by atoms with E-state index < -0.39 is 0 Å². The van der Waals surface area contributed by atoms with Crippen molar-refractivity contribution in [1.29, 1.82) is 0 Å². The third kappa shape index (κ3) is 3.17. The first-order chi connectivity index (χ1) is 7.58. The molecular weight excluding hydrogens is 222 g/mol. The first-order valence-electron chi connectivity index (χ1n) is 5.18. The van der Waals surface area contributed by atoms with E-state index in [1.165, 1.54) is 0 Å². The molecule has 0 atom stereocenters. The molecule has 1 aromatic carbocycles. The van der Waals surface area contributed by atoms with E-state index in [0.717, 1.165) is 23.3 Å². The number of methoxy groups -OCH3 is 1. The highest BCUT2D eigenvalue weighted by molar-refractivity contribution is 7.96. The van der Waals surface area contributed by atoms with Crippen molar-refractivity contribution in [3.05, 3.63) is 29.3 Å². The first kappa shape index (κ1) is 12.9. The third-order valence-electron chi connectivity index (χ3n) is 2.47. The standard InChI is InChI=1S/C12H17NO2S/c1-4-10-7-9(5-6-11(10)15-3)8-13(2)12(14)16/h5-7H,4,8H2,1-3H3,(H,14,16). The van der Waals surface area contributed by atoms with Gasteiger partial charge in [-0.15, -0.1) is 0 Å². The Morgan fingerprint density at radius 2 is 2.19 bits per heavy atom. The fourth-order valence-electron chi connectivity index (χ4n) is 1.55. The number of hydrogen-bond donors (Lipinski definition) is 1. The van der Waals surface area contributed by atoms with Crippen LogP contribution >= 0.6 is 12.6 Å². The van der Waals surface area contributed by atoms with Crippen LogP contribution in [-0.4, -0.2) is 24.3 Å². The molecule has 1 amide bonds. The summed E-state index contributed by atoms with van der Waals surface area (Å²) in [4.78, 5) is 12.6. The van der Waals surface area contributed by atoms with Crippen molar-refractivity contribution in [2.45, 2.75) is 19.9 Å². The van der Waals surface area contributed by atoms with Crippen LogP contribution in [0.25, 0.3) is 0 Å². The van der Waals surface area contributed by atoms with Gasteiger partial charge in [0.15, 0.2) is 0 Å². The molecule has 0 saturated heterocycles. The molecule has 1 rings (SSSR count). The molecule has 0 aliphatic heterocycles. The van der Waals surface area contributed by atoms with Gasteiger partial charge in [0.1, 0.15) is 5.75 Å². The molecule has 0 radical (unpaired) electrons. The van der Waals surface area contributed by atoms with Gasteiger partial charge in [-0.3, -0.25) is 4.79 Å². The zero-order chi connectivity index (χ0) is 12.1. The van der Waals surface area contributed by atoms with Crippen LogP contribution in [0.3, 0.4) is 0 Å². The minimum Gasteiger partial charge on any atom is -0.496 e. The predicted molar refractivity (Wildman–Crippen MR) is 68.2 cm³/mol. The van der Waals surface area contributed by atoms with Crippen LogP contribution < -0.4 is 4.74 Å². The zero-order valence-corrected chi connectivity index (χ0v) is 10.8. The number of thiol groups is 1. The largest absolute Gasteiger partial charge is 0.496 e. The summed E-state index contributed by atoms with van der Waals surface area (Å²) in [5, 5.41) is -0.228. The molecule has 0 saturated carbocycles. The molecule has 0 fully saturated rings. The minimum atomic E-state index is -0.228. The molecule has 3 nitrogen and oxygen atoms in total. The Bertz CT molecular complexity index is 379. The molecule has 0 aromatic heterocycles. The number of benzene rings is 1. The van der Waals surface area contributed by atoms with Crippen molar-refractivity contribution in [1.82, 2.24) is 4.90 Å². The maximum atomic E-state index is 11.0. The Hall–Kier alpha value is -1.16. The van der Waals surface area contributed by atoms with Gasteiger partial charge in [0.25, 0.3) is 5.24 Å². The van der Waals surface area contributed by atoms with E-state index in [1.807, 2.05) is 12.1 Å². The molecule has 0 heterocycles. The minimum absolute atomic E-state index is 0.228. The number of carbonyl (C=O) groups excluding carboxylic acids is 1. The van der Waals surface area contributed by atoms with Crippen LogP contribution in [0, 0.1) is 0 Å². The van der Waals surface area contributed by atoms with Crippen molar-refractivity contribution in [3.8, 4) is 5.75 Å². The first-order valence-corrected chi connectivity index (χ1v) is 5.63. The van der Waals surface area contributed by atoms with Crippen LogP contribution in [0.1, 0.15) is 18.1 Å². The van der Waals surface area contributed by atoms with Crippen molar-refractivity contribution in [3.63, 3.8) is 0 Å². The van der Waals surface area contributed by atoms with Crippen molar-refractivity contribution < 1.29 is 9.53 Å². The van der Waals surface area contributed by atoms with E-state index in [9.17, 15) is 4.79 Å². The normalized spacial score (nSPS) is 10.0. The summed E-state index contributed by atoms with van der Waals surface area (Å²) in [5.41, 5.74) is 2.24. The van der Waals surface area contributed by atoms with Gasteiger partial charge in [-0.05, 0) is 23.6 Å². The molecular formula is C12H17NO2S. The summed E-state index contributed by atoms with van der Waals surface area (Å²) in [6.45, 7) is 2.65. The topological polar surface area (TPSA) is 29.5 Å². The fraction of sp³-hybridized carbons (Fsp3) is 0.417. The molecule has 0 spiro atoms. The van der Waals surface area contributed by atoms with Crippen LogP contribution in [0.4, 0.5) is 4.79 Å². The van der Waals surface area contributed by atoms with E-state index in [0.29, 0.717) is 6.54 Å². The molecule has 16 heavy (non-hydrogen) atoms. The Morgan fingerprint density at radius 3 is 2.69 bits per heavy atom. The highest BCUT2D eigenvalue weighted by Gasteiger charge is 2.07. The van der Waals surface area contributed by atoms with E-state index in [2.05, 4.69) is 25.6 Å². The summed E-state index contributed by atoms with van der Waals surface area (Å²) < 4.78 is 5.25. The maximum Gasteiger partial charge on any atom is 0.278 e. The maximum absolute atomic E-state index is 11.0. The van der Waals surface area contributed by atoms with Crippen LogP contribution in [0.2, 0.25) is 0 Å². The van der Waals surface area contributed by atoms with Crippen LogP contribution in [0.15, 0.2) is 18.2 Å². The van der Waals surface area contributed by atoms with E-state index in [-0.39, 0.29) is 5.24 Å². The second-order valence-corrected chi connectivity index (χ2v) is 4.02. The van der Waals surface area contributed by atoms with Gasteiger partial charge in [0.05, 0.1) is 7.11 Å². The summed E-state index contributed by atoms with van der Waals surface area (Å²) in [6, 6.07) is 5.96. The number of ether oxygens (including phenoxy) is 1.